The molecule has 25 heteroatoms. The third kappa shape index (κ3) is 4.23. The Morgan fingerprint density at radius 3 is 0.564 bits per heavy atom. The van der Waals surface area contributed by atoms with Crippen molar-refractivity contribution in [2.24, 2.45) is 0 Å². The predicted octanol–water partition coefficient (Wildman–Crippen LogP) is 8.76. The predicted molar refractivity (Wildman–Crippen MR) is 70.4 cm³/mol. The molecule has 0 saturated carbocycles. The van der Waals surface area contributed by atoms with Crippen LogP contribution < -0.4 is 0 Å². The minimum atomic E-state index is -9.57. The number of rotatable bonds is 11. The van der Waals surface area contributed by atoms with E-state index in [4.69, 9.17) is 0 Å². The second-order valence-corrected chi connectivity index (χ2v) is 7.20. The SMILES string of the molecule is [CH2]CC(F)(F)C(F)(F)C(F)(F)C(F)(F)C(F)(F)C(F)(F)C(F)(F)C(F)(F)C(F)(F)C(F)(F)C(F)(F)C(F)(F)F. The smallest absolute Gasteiger partial charge is 0.200 e. The summed E-state index contributed by atoms with van der Waals surface area (Å²) in [6.07, 6.45) is -11.2. The summed E-state index contributed by atoms with van der Waals surface area (Å²) in [4.78, 5) is 0. The fourth-order valence-electron chi connectivity index (χ4n) is 2.14. The molecule has 0 aliphatic heterocycles. The maximum absolute atomic E-state index is 13.5. The van der Waals surface area contributed by atoms with Crippen LogP contribution in [0.5, 0.6) is 0 Å². The van der Waals surface area contributed by atoms with Crippen LogP contribution in [0.2, 0.25) is 0 Å². The second-order valence-electron chi connectivity index (χ2n) is 7.20. The Kier molecular flexibility index (Phi) is 8.47. The molecule has 0 aromatic rings. The van der Waals surface area contributed by atoms with Crippen LogP contribution in [0.4, 0.5) is 110 Å². The number of halogens is 25. The molecule has 0 heterocycles. The topological polar surface area (TPSA) is 0 Å². The van der Waals surface area contributed by atoms with Crippen LogP contribution in [0.3, 0.4) is 0 Å². The highest BCUT2D eigenvalue weighted by molar-refractivity contribution is 5.19. The zero-order valence-corrected chi connectivity index (χ0v) is 16.9. The lowest BCUT2D eigenvalue weighted by Gasteiger charge is -2.45. The van der Waals surface area contributed by atoms with Gasteiger partial charge in [0.2, 0.25) is 0 Å². The van der Waals surface area contributed by atoms with Gasteiger partial charge in [-0.2, -0.15) is 110 Å². The average molecular weight is 647 g/mol. The van der Waals surface area contributed by atoms with Gasteiger partial charge in [-0.1, -0.05) is 0 Å². The molecule has 0 rings (SSSR count). The van der Waals surface area contributed by atoms with Gasteiger partial charge in [-0.05, 0) is 6.92 Å². The summed E-state index contributed by atoms with van der Waals surface area (Å²) in [7, 11) is 0. The Hall–Kier alpha value is -1.75. The van der Waals surface area contributed by atoms with E-state index >= 15 is 0 Å². The third-order valence-corrected chi connectivity index (χ3v) is 4.68. The summed E-state index contributed by atoms with van der Waals surface area (Å²) in [5.74, 6) is -97.8. The standard InChI is InChI=1S/C14H4F25/c1-2-3(15,16)4(17,18)5(19,20)6(21,22)7(23,24)8(25,26)9(27,28)10(29,30)11(31,32)12(33,34)13(35,36)14(37,38)39/h1-2H2. The van der Waals surface area contributed by atoms with Crippen molar-refractivity contribution < 1.29 is 110 Å². The highest BCUT2D eigenvalue weighted by Crippen LogP contribution is 2.67. The van der Waals surface area contributed by atoms with Crippen molar-refractivity contribution in [2.75, 3.05) is 0 Å². The van der Waals surface area contributed by atoms with E-state index in [2.05, 4.69) is 0 Å². The molecule has 0 aromatic carbocycles. The molecule has 0 bridgehead atoms. The maximum Gasteiger partial charge on any atom is 0.460 e. The summed E-state index contributed by atoms with van der Waals surface area (Å²) in [6, 6.07) is 0. The van der Waals surface area contributed by atoms with Gasteiger partial charge in [0.1, 0.15) is 0 Å². The second kappa shape index (κ2) is 8.87. The highest BCUT2D eigenvalue weighted by Gasteiger charge is 2.99. The van der Waals surface area contributed by atoms with E-state index in [9.17, 15) is 110 Å². The Labute approximate surface area is 196 Å². The van der Waals surface area contributed by atoms with Crippen LogP contribution in [-0.4, -0.2) is 71.3 Å². The van der Waals surface area contributed by atoms with Crippen LogP contribution in [0.25, 0.3) is 0 Å². The van der Waals surface area contributed by atoms with Crippen LogP contribution in [-0.2, 0) is 0 Å². The van der Waals surface area contributed by atoms with Crippen molar-refractivity contribution in [2.45, 2.75) is 77.7 Å². The summed E-state index contributed by atoms with van der Waals surface area (Å²) < 4.78 is 327. The molecule has 0 aromatic heterocycles. The molecule has 1 radical (unpaired) electrons. The average Bonchev–Trinajstić information content (AvgIpc) is 2.71. The molecule has 39 heavy (non-hydrogen) atoms. The van der Waals surface area contributed by atoms with Crippen molar-refractivity contribution in [3.05, 3.63) is 6.92 Å². The van der Waals surface area contributed by atoms with Crippen molar-refractivity contribution in [1.82, 2.24) is 0 Å². The fraction of sp³-hybridized carbons (Fsp3) is 0.929. The molecule has 0 aliphatic carbocycles. The summed E-state index contributed by atoms with van der Waals surface area (Å²) in [5, 5.41) is 0. The summed E-state index contributed by atoms with van der Waals surface area (Å²) >= 11 is 0. The molecule has 0 saturated heterocycles. The van der Waals surface area contributed by atoms with E-state index in [1.165, 1.54) is 0 Å². The maximum atomic E-state index is 13.5. The van der Waals surface area contributed by atoms with E-state index in [0.717, 1.165) is 0 Å². The number of alkyl halides is 25. The zero-order valence-electron chi connectivity index (χ0n) is 16.9. The van der Waals surface area contributed by atoms with Gasteiger partial charge in [-0.15, -0.1) is 0 Å². The van der Waals surface area contributed by atoms with Gasteiger partial charge in [0.15, 0.2) is 0 Å². The Morgan fingerprint density at radius 1 is 0.256 bits per heavy atom. The molecule has 0 spiro atoms. The molecular weight excluding hydrogens is 643 g/mol. The van der Waals surface area contributed by atoms with Gasteiger partial charge in [-0.25, -0.2) is 0 Å². The molecule has 0 amide bonds. The van der Waals surface area contributed by atoms with E-state index in [1.54, 1.807) is 6.92 Å². The van der Waals surface area contributed by atoms with Crippen LogP contribution >= 0.6 is 0 Å². The minimum Gasteiger partial charge on any atom is -0.200 e. The molecular formula is C14H4F25. The fourth-order valence-corrected chi connectivity index (χ4v) is 2.14. The van der Waals surface area contributed by atoms with Crippen LogP contribution in [0.15, 0.2) is 0 Å². The Morgan fingerprint density at radius 2 is 0.410 bits per heavy atom. The van der Waals surface area contributed by atoms with Gasteiger partial charge in [0.05, 0.1) is 0 Å². The molecule has 0 N–H and O–H groups in total. The lowest BCUT2D eigenvalue weighted by molar-refractivity contribution is -0.482. The van der Waals surface area contributed by atoms with E-state index in [-0.39, 0.29) is 0 Å². The van der Waals surface area contributed by atoms with E-state index in [1.807, 2.05) is 0 Å². The van der Waals surface area contributed by atoms with Gasteiger partial charge in [0, 0.05) is 6.42 Å². The Balaban J connectivity index is 7.31. The molecule has 0 atom stereocenters. The number of hydrogen-bond donors (Lipinski definition) is 0. The summed E-state index contributed by atoms with van der Waals surface area (Å²) in [6.45, 7) is 1.73. The van der Waals surface area contributed by atoms with Crippen molar-refractivity contribution in [1.29, 1.82) is 0 Å². The molecule has 0 unspecified atom stereocenters. The minimum absolute atomic E-state index is 1.73. The quantitative estimate of drug-likeness (QED) is 0.197. The molecule has 235 valence electrons. The lowest BCUT2D eigenvalue weighted by atomic mass is 9.84. The number of hydrogen-bond acceptors (Lipinski definition) is 0. The van der Waals surface area contributed by atoms with Crippen molar-refractivity contribution in [3.63, 3.8) is 0 Å². The molecule has 0 aliphatic rings. The third-order valence-electron chi connectivity index (χ3n) is 4.68. The zero-order chi connectivity index (χ0) is 32.7. The highest BCUT2D eigenvalue weighted by atomic mass is 19.4. The lowest BCUT2D eigenvalue weighted by Crippen LogP contribution is -2.78. The normalized spacial score (nSPS) is 17.1. The van der Waals surface area contributed by atoms with Crippen LogP contribution in [0, 0.1) is 6.92 Å². The van der Waals surface area contributed by atoms with E-state index < -0.39 is 77.7 Å². The first kappa shape index (κ1) is 37.2. The van der Waals surface area contributed by atoms with Crippen LogP contribution in [0.1, 0.15) is 6.42 Å². The monoisotopic (exact) mass is 647 g/mol. The largest absolute Gasteiger partial charge is 0.460 e. The van der Waals surface area contributed by atoms with Gasteiger partial charge in [0.25, 0.3) is 0 Å². The first-order valence-corrected chi connectivity index (χ1v) is 8.33. The van der Waals surface area contributed by atoms with Crippen molar-refractivity contribution in [3.8, 4) is 0 Å². The Bertz CT molecular complexity index is 887. The summed E-state index contributed by atoms with van der Waals surface area (Å²) in [5.41, 5.74) is 0. The first-order valence-electron chi connectivity index (χ1n) is 8.33. The van der Waals surface area contributed by atoms with Gasteiger partial charge in [-0.3, -0.25) is 0 Å². The van der Waals surface area contributed by atoms with Gasteiger partial charge >= 0.3 is 71.3 Å². The van der Waals surface area contributed by atoms with Gasteiger partial charge < -0.3 is 0 Å². The van der Waals surface area contributed by atoms with Crippen molar-refractivity contribution >= 4 is 0 Å². The first-order chi connectivity index (χ1) is 16.3. The van der Waals surface area contributed by atoms with E-state index in [0.29, 0.717) is 0 Å². The molecule has 0 fully saturated rings. The molecule has 0 nitrogen and oxygen atoms in total.